The molecular formula is C14H21NO2. The molecule has 1 fully saturated rings. The van der Waals surface area contributed by atoms with Gasteiger partial charge in [-0.15, -0.1) is 0 Å². The Bertz CT molecular complexity index is 372. The molecule has 0 radical (unpaired) electrons. The maximum Gasteiger partial charge on any atom is 0.0642 e. The highest BCUT2D eigenvalue weighted by Gasteiger charge is 2.17. The summed E-state index contributed by atoms with van der Waals surface area (Å²) in [5.74, 6) is 0.188. The number of aryl methyl sites for hydroxylation is 1. The maximum atomic E-state index is 9.36. The van der Waals surface area contributed by atoms with Crippen molar-refractivity contribution in [3.63, 3.8) is 0 Å². The summed E-state index contributed by atoms with van der Waals surface area (Å²) >= 11 is 0. The number of benzene rings is 1. The zero-order chi connectivity index (χ0) is 12.3. The Balaban J connectivity index is 2.30. The number of aliphatic hydroxyl groups is 1. The molecule has 1 aliphatic heterocycles. The molecule has 1 N–H and O–H groups in total. The van der Waals surface area contributed by atoms with Crippen LogP contribution in [0.4, 0.5) is 5.69 Å². The number of anilines is 1. The second-order valence-corrected chi connectivity index (χ2v) is 4.75. The van der Waals surface area contributed by atoms with Gasteiger partial charge in [-0.1, -0.05) is 24.6 Å². The topological polar surface area (TPSA) is 32.7 Å². The molecule has 0 amide bonds. The van der Waals surface area contributed by atoms with Crippen molar-refractivity contribution in [2.24, 2.45) is 0 Å². The van der Waals surface area contributed by atoms with Crippen LogP contribution in [-0.4, -0.2) is 38.0 Å². The van der Waals surface area contributed by atoms with Crippen LogP contribution in [0.2, 0.25) is 0 Å². The lowest BCUT2D eigenvalue weighted by atomic mass is 9.97. The number of nitrogens with zero attached hydrogens (tertiary/aromatic N) is 1. The lowest BCUT2D eigenvalue weighted by Crippen LogP contribution is -2.37. The Hall–Kier alpha value is -1.06. The van der Waals surface area contributed by atoms with E-state index in [2.05, 4.69) is 36.9 Å². The van der Waals surface area contributed by atoms with Crippen molar-refractivity contribution in [2.75, 3.05) is 37.8 Å². The first-order valence-corrected chi connectivity index (χ1v) is 6.26. The van der Waals surface area contributed by atoms with Gasteiger partial charge < -0.3 is 14.7 Å². The van der Waals surface area contributed by atoms with Crippen LogP contribution < -0.4 is 4.90 Å². The van der Waals surface area contributed by atoms with E-state index in [1.54, 1.807) is 0 Å². The molecule has 3 heteroatoms. The molecule has 1 aromatic rings. The van der Waals surface area contributed by atoms with Gasteiger partial charge in [0.05, 0.1) is 13.2 Å². The molecule has 1 unspecified atom stereocenters. The zero-order valence-corrected chi connectivity index (χ0v) is 10.6. The molecule has 1 aromatic carbocycles. The van der Waals surface area contributed by atoms with E-state index in [1.165, 1.54) is 16.8 Å². The van der Waals surface area contributed by atoms with Crippen LogP contribution in [0.25, 0.3) is 0 Å². The molecule has 94 valence electrons. The Kier molecular flexibility index (Phi) is 4.02. The molecule has 17 heavy (non-hydrogen) atoms. The first kappa shape index (κ1) is 12.4. The second-order valence-electron chi connectivity index (χ2n) is 4.75. The van der Waals surface area contributed by atoms with Gasteiger partial charge in [0.2, 0.25) is 0 Å². The van der Waals surface area contributed by atoms with Crippen LogP contribution in [-0.2, 0) is 4.74 Å². The van der Waals surface area contributed by atoms with E-state index in [4.69, 9.17) is 4.74 Å². The quantitative estimate of drug-likeness (QED) is 0.869. The van der Waals surface area contributed by atoms with E-state index in [-0.39, 0.29) is 12.5 Å². The summed E-state index contributed by atoms with van der Waals surface area (Å²) in [6.07, 6.45) is 0. The summed E-state index contributed by atoms with van der Waals surface area (Å²) in [6, 6.07) is 6.49. The van der Waals surface area contributed by atoms with Gasteiger partial charge in [0.15, 0.2) is 0 Å². The van der Waals surface area contributed by atoms with Crippen LogP contribution in [0.3, 0.4) is 0 Å². The van der Waals surface area contributed by atoms with Crippen LogP contribution >= 0.6 is 0 Å². The summed E-state index contributed by atoms with van der Waals surface area (Å²) in [5.41, 5.74) is 3.74. The predicted molar refractivity (Wildman–Crippen MR) is 69.7 cm³/mol. The van der Waals surface area contributed by atoms with Gasteiger partial charge in [0.1, 0.15) is 0 Å². The van der Waals surface area contributed by atoms with E-state index in [9.17, 15) is 5.11 Å². The molecule has 2 rings (SSSR count). The Morgan fingerprint density at radius 1 is 1.35 bits per heavy atom. The largest absolute Gasteiger partial charge is 0.396 e. The van der Waals surface area contributed by atoms with Gasteiger partial charge in [-0.05, 0) is 18.6 Å². The molecule has 1 heterocycles. The standard InChI is InChI=1S/C14H21NO2/c1-11-3-4-14(13(9-11)12(2)10-16)15-5-7-17-8-6-15/h3-4,9,12,16H,5-8,10H2,1-2H3. The smallest absolute Gasteiger partial charge is 0.0642 e. The third kappa shape index (κ3) is 2.79. The molecule has 0 bridgehead atoms. The fraction of sp³-hybridized carbons (Fsp3) is 0.571. The third-order valence-corrected chi connectivity index (χ3v) is 3.34. The number of aliphatic hydroxyl groups excluding tert-OH is 1. The average Bonchev–Trinajstić information content (AvgIpc) is 2.38. The fourth-order valence-electron chi connectivity index (χ4n) is 2.26. The maximum absolute atomic E-state index is 9.36. The highest BCUT2D eigenvalue weighted by Crippen LogP contribution is 2.29. The van der Waals surface area contributed by atoms with E-state index in [1.807, 2.05) is 0 Å². The minimum absolute atomic E-state index is 0.188. The summed E-state index contributed by atoms with van der Waals surface area (Å²) in [5, 5.41) is 9.36. The monoisotopic (exact) mass is 235 g/mol. The Morgan fingerprint density at radius 2 is 2.06 bits per heavy atom. The molecule has 0 aliphatic carbocycles. The van der Waals surface area contributed by atoms with Gasteiger partial charge >= 0.3 is 0 Å². The lowest BCUT2D eigenvalue weighted by Gasteiger charge is -2.32. The Morgan fingerprint density at radius 3 is 2.71 bits per heavy atom. The highest BCUT2D eigenvalue weighted by atomic mass is 16.5. The van der Waals surface area contributed by atoms with E-state index in [0.717, 1.165) is 26.3 Å². The van der Waals surface area contributed by atoms with E-state index < -0.39 is 0 Å². The molecule has 1 atom stereocenters. The molecule has 0 spiro atoms. The van der Waals surface area contributed by atoms with Crippen molar-refractivity contribution in [1.82, 2.24) is 0 Å². The van der Waals surface area contributed by atoms with Gasteiger partial charge in [0.25, 0.3) is 0 Å². The Labute approximate surface area is 103 Å². The second kappa shape index (κ2) is 5.52. The van der Waals surface area contributed by atoms with Crippen LogP contribution in [0.5, 0.6) is 0 Å². The zero-order valence-electron chi connectivity index (χ0n) is 10.6. The molecule has 1 saturated heterocycles. The van der Waals surface area contributed by atoms with Crippen LogP contribution in [0, 0.1) is 6.92 Å². The number of ether oxygens (including phenoxy) is 1. The minimum atomic E-state index is 0.188. The van der Waals surface area contributed by atoms with Gasteiger partial charge in [0, 0.05) is 31.3 Å². The molecule has 3 nitrogen and oxygen atoms in total. The molecule has 0 aromatic heterocycles. The van der Waals surface area contributed by atoms with E-state index in [0.29, 0.717) is 0 Å². The average molecular weight is 235 g/mol. The highest BCUT2D eigenvalue weighted by molar-refractivity contribution is 5.56. The van der Waals surface area contributed by atoms with Crippen molar-refractivity contribution >= 4 is 5.69 Å². The summed E-state index contributed by atoms with van der Waals surface area (Å²) in [4.78, 5) is 2.35. The predicted octanol–water partition coefficient (Wildman–Crippen LogP) is 1.93. The first-order chi connectivity index (χ1) is 8.22. The van der Waals surface area contributed by atoms with Crippen molar-refractivity contribution in [3.8, 4) is 0 Å². The summed E-state index contributed by atoms with van der Waals surface area (Å²) < 4.78 is 5.38. The van der Waals surface area contributed by atoms with Gasteiger partial charge in [-0.3, -0.25) is 0 Å². The fourth-order valence-corrected chi connectivity index (χ4v) is 2.26. The van der Waals surface area contributed by atoms with Gasteiger partial charge in [-0.2, -0.15) is 0 Å². The number of rotatable bonds is 3. The first-order valence-electron chi connectivity index (χ1n) is 6.26. The minimum Gasteiger partial charge on any atom is -0.396 e. The van der Waals surface area contributed by atoms with Crippen molar-refractivity contribution < 1.29 is 9.84 Å². The number of hydrogen-bond donors (Lipinski definition) is 1. The number of morpholine rings is 1. The van der Waals surface area contributed by atoms with Crippen molar-refractivity contribution in [2.45, 2.75) is 19.8 Å². The molecule has 1 aliphatic rings. The lowest BCUT2D eigenvalue weighted by molar-refractivity contribution is 0.122. The SMILES string of the molecule is Cc1ccc(N2CCOCC2)c(C(C)CO)c1. The molecular weight excluding hydrogens is 214 g/mol. The molecule has 0 saturated carbocycles. The summed E-state index contributed by atoms with van der Waals surface area (Å²) in [6.45, 7) is 7.82. The van der Waals surface area contributed by atoms with Crippen molar-refractivity contribution in [3.05, 3.63) is 29.3 Å². The van der Waals surface area contributed by atoms with Crippen LogP contribution in [0.1, 0.15) is 24.0 Å². The summed E-state index contributed by atoms with van der Waals surface area (Å²) in [7, 11) is 0. The third-order valence-electron chi connectivity index (χ3n) is 3.34. The normalized spacial score (nSPS) is 18.2. The van der Waals surface area contributed by atoms with Crippen LogP contribution in [0.15, 0.2) is 18.2 Å². The van der Waals surface area contributed by atoms with E-state index >= 15 is 0 Å². The van der Waals surface area contributed by atoms with Crippen molar-refractivity contribution in [1.29, 1.82) is 0 Å². The number of hydrogen-bond acceptors (Lipinski definition) is 3. The van der Waals surface area contributed by atoms with Gasteiger partial charge in [-0.25, -0.2) is 0 Å².